The molecule has 0 aliphatic heterocycles. The maximum absolute atomic E-state index is 12.6. The first-order chi connectivity index (χ1) is 12.7. The van der Waals surface area contributed by atoms with Crippen LogP contribution in [0.1, 0.15) is 21.6 Å². The number of amides is 1. The van der Waals surface area contributed by atoms with Crippen LogP contribution in [0.25, 0.3) is 0 Å². The summed E-state index contributed by atoms with van der Waals surface area (Å²) in [5.74, 6) is 1.28. The van der Waals surface area contributed by atoms with E-state index >= 15 is 0 Å². The van der Waals surface area contributed by atoms with Crippen molar-refractivity contribution in [2.75, 3.05) is 14.2 Å². The molecule has 0 unspecified atom stereocenters. The van der Waals surface area contributed by atoms with Crippen LogP contribution in [0.5, 0.6) is 11.5 Å². The van der Waals surface area contributed by atoms with Gasteiger partial charge < -0.3 is 19.4 Å². The molecule has 5 heteroatoms. The molecule has 0 radical (unpaired) electrons. The lowest BCUT2D eigenvalue weighted by atomic mass is 10.2. The highest BCUT2D eigenvalue weighted by molar-refractivity contribution is 5.92. The summed E-state index contributed by atoms with van der Waals surface area (Å²) in [4.78, 5) is 12.6. The average Bonchev–Trinajstić information content (AvgIpc) is 3.15. The van der Waals surface area contributed by atoms with Crippen molar-refractivity contribution in [2.24, 2.45) is 0 Å². The van der Waals surface area contributed by atoms with Gasteiger partial charge in [-0.15, -0.1) is 0 Å². The highest BCUT2D eigenvalue weighted by Gasteiger charge is 2.12. The van der Waals surface area contributed by atoms with Gasteiger partial charge in [0.1, 0.15) is 17.2 Å². The molecule has 134 valence electrons. The van der Waals surface area contributed by atoms with E-state index in [2.05, 4.69) is 5.32 Å². The molecular weight excluding hydrogens is 328 g/mol. The molecule has 0 fully saturated rings. The number of carbonyl (C=O) groups excluding carboxylic acids is 1. The standard InChI is InChI=1S/C21H22N2O3/c1-25-18-11-10-17(20(13-18)26-2)14-22-21(24)19-9-6-12-23(19)15-16-7-4-3-5-8-16/h3-13H,14-15H2,1-2H3,(H,22,24). The number of rotatable bonds is 7. The van der Waals surface area contributed by atoms with E-state index in [4.69, 9.17) is 9.47 Å². The third-order valence-electron chi connectivity index (χ3n) is 4.19. The van der Waals surface area contributed by atoms with Crippen molar-refractivity contribution in [1.82, 2.24) is 9.88 Å². The third kappa shape index (κ3) is 4.06. The zero-order valence-electron chi connectivity index (χ0n) is 14.9. The van der Waals surface area contributed by atoms with Gasteiger partial charge in [-0.1, -0.05) is 30.3 Å². The molecule has 0 bridgehead atoms. The van der Waals surface area contributed by atoms with Crippen LogP contribution in [0.15, 0.2) is 66.9 Å². The molecule has 1 heterocycles. The van der Waals surface area contributed by atoms with Gasteiger partial charge in [0.15, 0.2) is 0 Å². The fraction of sp³-hybridized carbons (Fsp3) is 0.190. The van der Waals surface area contributed by atoms with Gasteiger partial charge in [0.05, 0.1) is 14.2 Å². The number of aromatic nitrogens is 1. The zero-order chi connectivity index (χ0) is 18.4. The molecule has 1 N–H and O–H groups in total. The van der Waals surface area contributed by atoms with Crippen molar-refractivity contribution in [3.63, 3.8) is 0 Å². The van der Waals surface area contributed by atoms with Crippen LogP contribution < -0.4 is 14.8 Å². The first kappa shape index (κ1) is 17.6. The molecule has 0 aliphatic rings. The number of ether oxygens (including phenoxy) is 2. The van der Waals surface area contributed by atoms with E-state index in [1.807, 2.05) is 65.4 Å². The topological polar surface area (TPSA) is 52.5 Å². The summed E-state index contributed by atoms with van der Waals surface area (Å²) >= 11 is 0. The van der Waals surface area contributed by atoms with Crippen LogP contribution in [0.2, 0.25) is 0 Å². The summed E-state index contributed by atoms with van der Waals surface area (Å²) in [6.45, 7) is 1.03. The first-order valence-electron chi connectivity index (χ1n) is 8.39. The van der Waals surface area contributed by atoms with Crippen molar-refractivity contribution >= 4 is 5.91 Å². The molecule has 2 aromatic carbocycles. The highest BCUT2D eigenvalue weighted by Crippen LogP contribution is 2.24. The molecule has 0 atom stereocenters. The van der Waals surface area contributed by atoms with Crippen LogP contribution in [-0.4, -0.2) is 24.7 Å². The van der Waals surface area contributed by atoms with E-state index in [-0.39, 0.29) is 5.91 Å². The summed E-state index contributed by atoms with van der Waals surface area (Å²) < 4.78 is 12.5. The van der Waals surface area contributed by atoms with E-state index in [0.717, 1.165) is 11.1 Å². The second-order valence-electron chi connectivity index (χ2n) is 5.87. The molecule has 3 rings (SSSR count). The van der Waals surface area contributed by atoms with Gasteiger partial charge in [-0.05, 0) is 29.8 Å². The van der Waals surface area contributed by atoms with Crippen LogP contribution >= 0.6 is 0 Å². The first-order valence-corrected chi connectivity index (χ1v) is 8.39. The molecule has 0 aliphatic carbocycles. The monoisotopic (exact) mass is 350 g/mol. The molecule has 0 spiro atoms. The number of nitrogens with one attached hydrogen (secondary N) is 1. The van der Waals surface area contributed by atoms with Gasteiger partial charge in [0, 0.05) is 30.9 Å². The van der Waals surface area contributed by atoms with E-state index in [1.54, 1.807) is 20.3 Å². The van der Waals surface area contributed by atoms with Crippen molar-refractivity contribution < 1.29 is 14.3 Å². The normalized spacial score (nSPS) is 10.4. The Morgan fingerprint density at radius 2 is 1.81 bits per heavy atom. The fourth-order valence-electron chi connectivity index (χ4n) is 2.80. The van der Waals surface area contributed by atoms with Gasteiger partial charge >= 0.3 is 0 Å². The molecule has 0 saturated heterocycles. The van der Waals surface area contributed by atoms with Gasteiger partial charge in [-0.3, -0.25) is 4.79 Å². The van der Waals surface area contributed by atoms with E-state index in [9.17, 15) is 4.79 Å². The number of hydrogen-bond donors (Lipinski definition) is 1. The average molecular weight is 350 g/mol. The smallest absolute Gasteiger partial charge is 0.268 e. The Morgan fingerprint density at radius 1 is 1.00 bits per heavy atom. The van der Waals surface area contributed by atoms with Crippen molar-refractivity contribution in [3.8, 4) is 11.5 Å². The van der Waals surface area contributed by atoms with E-state index < -0.39 is 0 Å². The minimum absolute atomic E-state index is 0.121. The van der Waals surface area contributed by atoms with Crippen molar-refractivity contribution in [3.05, 3.63) is 83.7 Å². The second kappa shape index (κ2) is 8.25. The molecule has 0 saturated carbocycles. The summed E-state index contributed by atoms with van der Waals surface area (Å²) in [5, 5.41) is 2.96. The third-order valence-corrected chi connectivity index (χ3v) is 4.19. The molecule has 1 aromatic heterocycles. The van der Waals surface area contributed by atoms with Crippen LogP contribution in [0.3, 0.4) is 0 Å². The number of carbonyl (C=O) groups is 1. The minimum atomic E-state index is -0.121. The molecule has 1 amide bonds. The lowest BCUT2D eigenvalue weighted by molar-refractivity contribution is 0.0942. The lowest BCUT2D eigenvalue weighted by Crippen LogP contribution is -2.25. The zero-order valence-corrected chi connectivity index (χ0v) is 14.9. The molecule has 3 aromatic rings. The van der Waals surface area contributed by atoms with Gasteiger partial charge in [0.2, 0.25) is 0 Å². The van der Waals surface area contributed by atoms with Gasteiger partial charge in [-0.2, -0.15) is 0 Å². The van der Waals surface area contributed by atoms with Gasteiger partial charge in [0.25, 0.3) is 5.91 Å². The van der Waals surface area contributed by atoms with Gasteiger partial charge in [-0.25, -0.2) is 0 Å². The fourth-order valence-corrected chi connectivity index (χ4v) is 2.80. The second-order valence-corrected chi connectivity index (χ2v) is 5.87. The maximum atomic E-state index is 12.6. The summed E-state index contributed by atoms with van der Waals surface area (Å²) in [6.07, 6.45) is 1.91. The minimum Gasteiger partial charge on any atom is -0.497 e. The van der Waals surface area contributed by atoms with E-state index in [0.29, 0.717) is 30.3 Å². The quantitative estimate of drug-likeness (QED) is 0.710. The Hall–Kier alpha value is -3.21. The Kier molecular flexibility index (Phi) is 5.59. The Bertz CT molecular complexity index is 872. The Balaban J connectivity index is 1.69. The predicted molar refractivity (Wildman–Crippen MR) is 101 cm³/mol. The lowest BCUT2D eigenvalue weighted by Gasteiger charge is -2.13. The van der Waals surface area contributed by atoms with Crippen LogP contribution in [0.4, 0.5) is 0 Å². The number of nitrogens with zero attached hydrogens (tertiary/aromatic N) is 1. The highest BCUT2D eigenvalue weighted by atomic mass is 16.5. The number of hydrogen-bond acceptors (Lipinski definition) is 3. The molecule has 5 nitrogen and oxygen atoms in total. The Morgan fingerprint density at radius 3 is 2.54 bits per heavy atom. The maximum Gasteiger partial charge on any atom is 0.268 e. The van der Waals surface area contributed by atoms with Crippen LogP contribution in [-0.2, 0) is 13.1 Å². The van der Waals surface area contributed by atoms with Crippen molar-refractivity contribution in [2.45, 2.75) is 13.1 Å². The molecule has 26 heavy (non-hydrogen) atoms. The van der Waals surface area contributed by atoms with E-state index in [1.165, 1.54) is 0 Å². The molecular formula is C21H22N2O3. The summed E-state index contributed by atoms with van der Waals surface area (Å²) in [7, 11) is 3.21. The number of benzene rings is 2. The largest absolute Gasteiger partial charge is 0.497 e. The predicted octanol–water partition coefficient (Wildman–Crippen LogP) is 3.48. The van der Waals surface area contributed by atoms with Crippen molar-refractivity contribution in [1.29, 1.82) is 0 Å². The summed E-state index contributed by atoms with van der Waals surface area (Å²) in [5.41, 5.74) is 2.67. The SMILES string of the molecule is COc1ccc(CNC(=O)c2cccn2Cc2ccccc2)c(OC)c1. The Labute approximate surface area is 153 Å². The summed E-state index contributed by atoms with van der Waals surface area (Å²) in [6, 6.07) is 19.3. The van der Waals surface area contributed by atoms with Crippen LogP contribution in [0, 0.1) is 0 Å². The number of methoxy groups -OCH3 is 2.